The predicted octanol–water partition coefficient (Wildman–Crippen LogP) is 6.03. The summed E-state index contributed by atoms with van der Waals surface area (Å²) in [6.07, 6.45) is -9.96. The molecule has 0 bridgehead atoms. The predicted molar refractivity (Wildman–Crippen MR) is 56.8 cm³/mol. The molecule has 0 amide bonds. The summed E-state index contributed by atoms with van der Waals surface area (Å²) in [5.74, 6) is -46.0. The second-order valence-corrected chi connectivity index (χ2v) is 6.28. The van der Waals surface area contributed by atoms with Gasteiger partial charge in [-0.25, -0.2) is 0 Å². The van der Waals surface area contributed by atoms with Crippen LogP contribution in [0.3, 0.4) is 0 Å². The molecule has 0 saturated heterocycles. The van der Waals surface area contributed by atoms with E-state index in [0.29, 0.717) is 0 Å². The fraction of sp³-hybridized carbons (Fsp3) is 1.00. The van der Waals surface area contributed by atoms with Crippen molar-refractivity contribution in [2.45, 2.75) is 54.2 Å². The molecule has 0 aromatic carbocycles. The SMILES string of the molecule is FC(F)(F)C(F)(F)C(F)(F)C(F)(F)C(F)(F)C(F)(F)C(F)(F)CC[Si]Cl. The zero-order chi connectivity index (χ0) is 21.6. The molecule has 0 fully saturated rings. The molecule has 0 rings (SSSR count). The Kier molecular flexibility index (Phi) is 6.67. The van der Waals surface area contributed by atoms with Crippen LogP contribution < -0.4 is 0 Å². The van der Waals surface area contributed by atoms with Gasteiger partial charge in [0.2, 0.25) is 0 Å². The lowest BCUT2D eigenvalue weighted by molar-refractivity contribution is -0.452. The number of rotatable bonds is 8. The van der Waals surface area contributed by atoms with Crippen molar-refractivity contribution in [1.82, 2.24) is 0 Å². The van der Waals surface area contributed by atoms with Crippen LogP contribution in [0.2, 0.25) is 6.04 Å². The van der Waals surface area contributed by atoms with E-state index in [1.807, 2.05) is 0 Å². The van der Waals surface area contributed by atoms with Gasteiger partial charge in [0.15, 0.2) is 8.83 Å². The summed E-state index contributed by atoms with van der Waals surface area (Å²) in [6.45, 7) is 0. The summed E-state index contributed by atoms with van der Waals surface area (Å²) >= 11 is 4.81. The summed E-state index contributed by atoms with van der Waals surface area (Å²) in [5.41, 5.74) is 0. The van der Waals surface area contributed by atoms with Gasteiger partial charge < -0.3 is 0 Å². The van der Waals surface area contributed by atoms with E-state index in [1.54, 1.807) is 0 Å². The van der Waals surface area contributed by atoms with E-state index in [9.17, 15) is 65.9 Å². The highest BCUT2D eigenvalue weighted by Gasteiger charge is 2.93. The Morgan fingerprint density at radius 3 is 1.12 bits per heavy atom. The van der Waals surface area contributed by atoms with Crippen molar-refractivity contribution in [3.8, 4) is 0 Å². The van der Waals surface area contributed by atoms with Crippen molar-refractivity contribution in [2.75, 3.05) is 0 Å². The average molecular weight is 461 g/mol. The van der Waals surface area contributed by atoms with Gasteiger partial charge in [-0.1, -0.05) is 0 Å². The van der Waals surface area contributed by atoms with Gasteiger partial charge >= 0.3 is 41.7 Å². The lowest BCUT2D eigenvalue weighted by Crippen LogP contribution is -2.72. The van der Waals surface area contributed by atoms with Gasteiger partial charge in [-0.05, 0) is 6.04 Å². The Morgan fingerprint density at radius 2 is 0.808 bits per heavy atom. The van der Waals surface area contributed by atoms with Crippen LogP contribution in [0.15, 0.2) is 0 Å². The number of halogens is 16. The first-order valence-corrected chi connectivity index (χ1v) is 7.95. The monoisotopic (exact) mass is 460 g/mol. The third-order valence-corrected chi connectivity index (χ3v) is 3.93. The van der Waals surface area contributed by atoms with Gasteiger partial charge in [-0.2, -0.15) is 76.9 Å². The van der Waals surface area contributed by atoms with Gasteiger partial charge in [0, 0.05) is 6.42 Å². The van der Waals surface area contributed by atoms with E-state index >= 15 is 0 Å². The van der Waals surface area contributed by atoms with Gasteiger partial charge in [-0.15, -0.1) is 0 Å². The fourth-order valence-corrected chi connectivity index (χ4v) is 2.05. The lowest BCUT2D eigenvalue weighted by Gasteiger charge is -2.41. The maximum absolute atomic E-state index is 13.1. The standard InChI is InChI=1S/C9H4ClF15Si/c10-26-2-1-3(11,12)4(13,14)5(15,16)6(17,18)7(19,20)8(21,22)9(23,24)25/h1-2H2. The van der Waals surface area contributed by atoms with Crippen molar-refractivity contribution in [3.63, 3.8) is 0 Å². The molecule has 0 atom stereocenters. The molecule has 0 heterocycles. The van der Waals surface area contributed by atoms with Crippen LogP contribution in [-0.2, 0) is 0 Å². The van der Waals surface area contributed by atoms with Crippen LogP contribution >= 0.6 is 11.1 Å². The van der Waals surface area contributed by atoms with Gasteiger partial charge in [-0.3, -0.25) is 0 Å². The van der Waals surface area contributed by atoms with Crippen molar-refractivity contribution < 1.29 is 65.9 Å². The zero-order valence-electron chi connectivity index (χ0n) is 11.5. The minimum atomic E-state index is -8.23. The molecular formula is C9H4ClF15Si. The Bertz CT molecular complexity index is 496. The van der Waals surface area contributed by atoms with E-state index < -0.39 is 63.0 Å². The summed E-state index contributed by atoms with van der Waals surface area (Å²) in [5, 5.41) is 0. The molecule has 0 N–H and O–H groups in total. The molecule has 0 nitrogen and oxygen atoms in total. The second-order valence-electron chi connectivity index (χ2n) is 4.71. The summed E-state index contributed by atoms with van der Waals surface area (Å²) in [7, 11) is -1.14. The Morgan fingerprint density at radius 1 is 0.500 bits per heavy atom. The Hall–Kier alpha value is -0.543. The summed E-state index contributed by atoms with van der Waals surface area (Å²) in [4.78, 5) is 0. The third-order valence-electron chi connectivity index (χ3n) is 2.93. The van der Waals surface area contributed by atoms with Gasteiger partial charge in [0.1, 0.15) is 0 Å². The number of alkyl halides is 15. The largest absolute Gasteiger partial charge is 0.460 e. The first-order valence-electron chi connectivity index (χ1n) is 5.73. The molecule has 0 spiro atoms. The summed E-state index contributed by atoms with van der Waals surface area (Å²) in [6, 6.07) is -1.21. The molecular weight excluding hydrogens is 457 g/mol. The highest BCUT2D eigenvalue weighted by Crippen LogP contribution is 2.62. The van der Waals surface area contributed by atoms with Crippen LogP contribution in [0.1, 0.15) is 6.42 Å². The van der Waals surface area contributed by atoms with Crippen LogP contribution in [0, 0.1) is 0 Å². The topological polar surface area (TPSA) is 0 Å². The van der Waals surface area contributed by atoms with E-state index in [4.69, 9.17) is 11.1 Å². The first kappa shape index (κ1) is 25.5. The molecule has 26 heavy (non-hydrogen) atoms. The van der Waals surface area contributed by atoms with Crippen molar-refractivity contribution >= 4 is 19.9 Å². The molecule has 0 aliphatic rings. The van der Waals surface area contributed by atoms with E-state index in [1.165, 1.54) is 0 Å². The smallest absolute Gasteiger partial charge is 0.200 e. The quantitative estimate of drug-likeness (QED) is 0.236. The van der Waals surface area contributed by atoms with E-state index in [-0.39, 0.29) is 0 Å². The average Bonchev–Trinajstić information content (AvgIpc) is 2.42. The number of hydrogen-bond donors (Lipinski definition) is 0. The molecule has 0 aromatic heterocycles. The van der Waals surface area contributed by atoms with Crippen molar-refractivity contribution in [2.24, 2.45) is 0 Å². The van der Waals surface area contributed by atoms with Crippen LogP contribution in [0.5, 0.6) is 0 Å². The summed E-state index contributed by atoms with van der Waals surface area (Å²) < 4.78 is 191. The molecule has 2 radical (unpaired) electrons. The Labute approximate surface area is 141 Å². The third kappa shape index (κ3) is 3.46. The van der Waals surface area contributed by atoms with E-state index in [0.717, 1.165) is 0 Å². The van der Waals surface area contributed by atoms with Crippen molar-refractivity contribution in [3.05, 3.63) is 0 Å². The Balaban J connectivity index is 6.33. The minimum Gasteiger partial charge on any atom is -0.200 e. The highest BCUT2D eigenvalue weighted by atomic mass is 35.6. The molecule has 0 unspecified atom stereocenters. The molecule has 0 aliphatic carbocycles. The second kappa shape index (κ2) is 6.81. The first-order chi connectivity index (χ1) is 11.1. The highest BCUT2D eigenvalue weighted by molar-refractivity contribution is 6.93. The van der Waals surface area contributed by atoms with Crippen LogP contribution in [-0.4, -0.2) is 50.5 Å². The molecule has 17 heteroatoms. The molecule has 0 saturated carbocycles. The maximum Gasteiger partial charge on any atom is 0.460 e. The van der Waals surface area contributed by atoms with Crippen LogP contribution in [0.4, 0.5) is 65.9 Å². The normalized spacial score (nSPS) is 16.2. The zero-order valence-corrected chi connectivity index (χ0v) is 13.2. The number of hydrogen-bond acceptors (Lipinski definition) is 0. The molecule has 0 aliphatic heterocycles. The van der Waals surface area contributed by atoms with Crippen LogP contribution in [0.25, 0.3) is 0 Å². The van der Waals surface area contributed by atoms with E-state index in [2.05, 4.69) is 0 Å². The fourth-order valence-electron chi connectivity index (χ4n) is 1.36. The molecule has 156 valence electrons. The lowest BCUT2D eigenvalue weighted by atomic mass is 9.90. The van der Waals surface area contributed by atoms with Crippen molar-refractivity contribution in [1.29, 1.82) is 0 Å². The van der Waals surface area contributed by atoms with Gasteiger partial charge in [0.25, 0.3) is 0 Å². The molecule has 0 aromatic rings. The van der Waals surface area contributed by atoms with Gasteiger partial charge in [0.05, 0.1) is 0 Å². The maximum atomic E-state index is 13.1. The minimum absolute atomic E-state index is 1.14.